The molecule has 1 heterocycles. The van der Waals surface area contributed by atoms with Crippen LogP contribution in [-0.2, 0) is 6.42 Å². The first-order valence-electron chi connectivity index (χ1n) is 7.93. The molecule has 0 aliphatic heterocycles. The third kappa shape index (κ3) is 4.26. The van der Waals surface area contributed by atoms with Crippen LogP contribution in [0.5, 0.6) is 5.75 Å². The lowest BCUT2D eigenvalue weighted by Crippen LogP contribution is -1.99. The molecule has 2 aromatic carbocycles. The van der Waals surface area contributed by atoms with Gasteiger partial charge in [-0.15, -0.1) is 23.1 Å². The van der Waals surface area contributed by atoms with Crippen molar-refractivity contribution >= 4 is 52.1 Å². The maximum Gasteiger partial charge on any atom is 0.173 e. The molecule has 0 spiro atoms. The number of carbonyl (C=O) groups is 1. The van der Waals surface area contributed by atoms with Crippen molar-refractivity contribution in [2.75, 3.05) is 6.26 Å². The first kappa shape index (κ1) is 19.3. The minimum Gasteiger partial charge on any atom is -0.506 e. The predicted octanol–water partition coefficient (Wildman–Crippen LogP) is 6.96. The quantitative estimate of drug-likeness (QED) is 0.344. The molecule has 0 radical (unpaired) electrons. The summed E-state index contributed by atoms with van der Waals surface area (Å²) < 4.78 is 0. The molecule has 0 amide bonds. The molecule has 0 unspecified atom stereocenters. The number of hydrogen-bond donors (Lipinski definition) is 1. The van der Waals surface area contributed by atoms with Crippen LogP contribution in [0.3, 0.4) is 0 Å². The van der Waals surface area contributed by atoms with E-state index in [2.05, 4.69) is 24.3 Å². The fourth-order valence-electron chi connectivity index (χ4n) is 2.54. The average molecular weight is 423 g/mol. The van der Waals surface area contributed by atoms with Crippen molar-refractivity contribution in [3.63, 3.8) is 0 Å². The van der Waals surface area contributed by atoms with Crippen molar-refractivity contribution < 1.29 is 9.90 Å². The summed E-state index contributed by atoms with van der Waals surface area (Å²) in [5.74, 6) is 0.0179. The van der Waals surface area contributed by atoms with Crippen LogP contribution in [-0.4, -0.2) is 17.1 Å². The second-order valence-electron chi connectivity index (χ2n) is 5.69. The topological polar surface area (TPSA) is 37.3 Å². The first-order valence-corrected chi connectivity index (χ1v) is 10.7. The minimum absolute atomic E-state index is 0.0536. The number of benzene rings is 2. The van der Waals surface area contributed by atoms with Gasteiger partial charge < -0.3 is 5.11 Å². The highest BCUT2D eigenvalue weighted by molar-refractivity contribution is 7.98. The second kappa shape index (κ2) is 8.49. The summed E-state index contributed by atoms with van der Waals surface area (Å²) in [7, 11) is 0. The van der Waals surface area contributed by atoms with Gasteiger partial charge in [0.1, 0.15) is 10.8 Å². The van der Waals surface area contributed by atoms with Gasteiger partial charge in [-0.25, -0.2) is 0 Å². The number of thiophene rings is 1. The van der Waals surface area contributed by atoms with E-state index in [1.165, 1.54) is 22.3 Å². The van der Waals surface area contributed by atoms with E-state index in [0.717, 1.165) is 20.9 Å². The number of carbonyl (C=O) groups excluding carboxylic acids is 1. The molecule has 0 aliphatic carbocycles. The SMILES string of the molecule is CSc1ccc(-c2ccc(C(=O)CCc3ccc(O)c(Cl)c3Cl)s2)cc1. The van der Waals surface area contributed by atoms with Crippen LogP contribution in [0.1, 0.15) is 21.7 Å². The highest BCUT2D eigenvalue weighted by atomic mass is 35.5. The van der Waals surface area contributed by atoms with Crippen LogP contribution in [0.2, 0.25) is 10.0 Å². The summed E-state index contributed by atoms with van der Waals surface area (Å²) in [4.78, 5) is 15.5. The number of thioether (sulfide) groups is 1. The summed E-state index contributed by atoms with van der Waals surface area (Å²) in [6.45, 7) is 0. The summed E-state index contributed by atoms with van der Waals surface area (Å²) >= 11 is 15.3. The Morgan fingerprint density at radius 2 is 1.77 bits per heavy atom. The lowest BCUT2D eigenvalue weighted by atomic mass is 10.1. The first-order chi connectivity index (χ1) is 12.5. The number of aryl methyl sites for hydroxylation is 1. The number of aromatic hydroxyl groups is 1. The van der Waals surface area contributed by atoms with Crippen molar-refractivity contribution in [2.45, 2.75) is 17.7 Å². The Morgan fingerprint density at radius 1 is 1.04 bits per heavy atom. The van der Waals surface area contributed by atoms with Gasteiger partial charge in [-0.2, -0.15) is 0 Å². The molecular weight excluding hydrogens is 407 g/mol. The Morgan fingerprint density at radius 3 is 2.46 bits per heavy atom. The summed E-state index contributed by atoms with van der Waals surface area (Å²) in [5.41, 5.74) is 1.87. The van der Waals surface area contributed by atoms with Crippen LogP contribution in [0.25, 0.3) is 10.4 Å². The lowest BCUT2D eigenvalue weighted by Gasteiger charge is -2.06. The van der Waals surface area contributed by atoms with E-state index in [9.17, 15) is 9.90 Å². The van der Waals surface area contributed by atoms with Gasteiger partial charge in [0.15, 0.2) is 5.78 Å². The zero-order valence-corrected chi connectivity index (χ0v) is 17.1. The van der Waals surface area contributed by atoms with Crippen LogP contribution in [0.4, 0.5) is 0 Å². The molecule has 1 aromatic heterocycles. The molecule has 0 bridgehead atoms. The summed E-state index contributed by atoms with van der Waals surface area (Å²) in [5, 5.41) is 9.98. The van der Waals surface area contributed by atoms with E-state index in [-0.39, 0.29) is 16.6 Å². The van der Waals surface area contributed by atoms with Gasteiger partial charge in [0.25, 0.3) is 0 Å². The van der Waals surface area contributed by atoms with Crippen LogP contribution in [0, 0.1) is 0 Å². The fraction of sp³-hybridized carbons (Fsp3) is 0.150. The normalized spacial score (nSPS) is 10.9. The van der Waals surface area contributed by atoms with Gasteiger partial charge >= 0.3 is 0 Å². The number of phenolic OH excluding ortho intramolecular Hbond substituents is 1. The van der Waals surface area contributed by atoms with Crippen molar-refractivity contribution in [1.29, 1.82) is 0 Å². The van der Waals surface area contributed by atoms with Gasteiger partial charge in [-0.05, 0) is 54.1 Å². The molecule has 2 nitrogen and oxygen atoms in total. The van der Waals surface area contributed by atoms with Crippen molar-refractivity contribution in [3.8, 4) is 16.2 Å². The molecule has 0 fully saturated rings. The maximum absolute atomic E-state index is 12.5. The Balaban J connectivity index is 1.69. The standard InChI is InChI=1S/C20H16Cl2O2S2/c1-25-14-6-2-12(3-7-14)17-10-11-18(26-17)15(23)8-4-13-5-9-16(24)20(22)19(13)21/h2-3,5-7,9-11,24H,4,8H2,1H3. The number of hydrogen-bond acceptors (Lipinski definition) is 4. The monoisotopic (exact) mass is 422 g/mol. The highest BCUT2D eigenvalue weighted by Crippen LogP contribution is 2.35. The second-order valence-corrected chi connectivity index (χ2v) is 8.41. The molecule has 0 saturated carbocycles. The number of rotatable bonds is 6. The van der Waals surface area contributed by atoms with Crippen molar-refractivity contribution in [2.24, 2.45) is 0 Å². The zero-order valence-electron chi connectivity index (χ0n) is 14.0. The molecular formula is C20H16Cl2O2S2. The minimum atomic E-state index is -0.0536. The van der Waals surface area contributed by atoms with Gasteiger partial charge in [0, 0.05) is 16.2 Å². The molecule has 3 rings (SSSR count). The van der Waals surface area contributed by atoms with E-state index in [4.69, 9.17) is 23.2 Å². The number of phenols is 1. The molecule has 0 saturated heterocycles. The zero-order chi connectivity index (χ0) is 18.7. The largest absolute Gasteiger partial charge is 0.506 e. The molecule has 6 heteroatoms. The Hall–Kier alpha value is -1.46. The maximum atomic E-state index is 12.5. The number of halogens is 2. The molecule has 1 N–H and O–H groups in total. The smallest absolute Gasteiger partial charge is 0.173 e. The average Bonchev–Trinajstić information content (AvgIpc) is 3.16. The Bertz CT molecular complexity index is 933. The van der Waals surface area contributed by atoms with Gasteiger partial charge in [0.2, 0.25) is 0 Å². The predicted molar refractivity (Wildman–Crippen MR) is 112 cm³/mol. The lowest BCUT2D eigenvalue weighted by molar-refractivity contribution is 0.0987. The molecule has 0 atom stereocenters. The van der Waals surface area contributed by atoms with E-state index in [1.54, 1.807) is 17.8 Å². The van der Waals surface area contributed by atoms with Crippen LogP contribution >= 0.6 is 46.3 Å². The Labute approximate surface area is 170 Å². The van der Waals surface area contributed by atoms with Crippen LogP contribution < -0.4 is 0 Å². The third-order valence-electron chi connectivity index (χ3n) is 4.02. The van der Waals surface area contributed by atoms with Crippen LogP contribution in [0.15, 0.2) is 53.4 Å². The van der Waals surface area contributed by atoms with Crippen molar-refractivity contribution in [1.82, 2.24) is 0 Å². The molecule has 134 valence electrons. The molecule has 26 heavy (non-hydrogen) atoms. The van der Waals surface area contributed by atoms with E-state index in [1.807, 2.05) is 18.4 Å². The summed E-state index contributed by atoms with van der Waals surface area (Å²) in [6.07, 6.45) is 2.87. The number of Topliss-reactive ketones (excluding diaryl/α,β-unsaturated/α-hetero) is 1. The fourth-order valence-corrected chi connectivity index (χ4v) is 4.37. The van der Waals surface area contributed by atoms with Gasteiger partial charge in [-0.3, -0.25) is 4.79 Å². The van der Waals surface area contributed by atoms with E-state index >= 15 is 0 Å². The highest BCUT2D eigenvalue weighted by Gasteiger charge is 2.14. The van der Waals surface area contributed by atoms with Gasteiger partial charge in [0.05, 0.1) is 9.90 Å². The van der Waals surface area contributed by atoms with Gasteiger partial charge in [-0.1, -0.05) is 41.4 Å². The Kier molecular flexibility index (Phi) is 6.30. The van der Waals surface area contributed by atoms with Crippen molar-refractivity contribution in [3.05, 3.63) is 69.0 Å². The van der Waals surface area contributed by atoms with E-state index in [0.29, 0.717) is 17.9 Å². The molecule has 3 aromatic rings. The molecule has 0 aliphatic rings. The third-order valence-corrected chi connectivity index (χ3v) is 6.85. The summed E-state index contributed by atoms with van der Waals surface area (Å²) in [6, 6.07) is 15.4. The van der Waals surface area contributed by atoms with E-state index < -0.39 is 0 Å². The number of ketones is 1.